The largest absolute Gasteiger partial charge is 0.481 e. The second-order valence-corrected chi connectivity index (χ2v) is 7.05. The van der Waals surface area contributed by atoms with Gasteiger partial charge in [-0.3, -0.25) is 4.79 Å². The lowest BCUT2D eigenvalue weighted by Crippen LogP contribution is -2.22. The summed E-state index contributed by atoms with van der Waals surface area (Å²) >= 11 is 0. The highest BCUT2D eigenvalue weighted by molar-refractivity contribution is 7.89. The van der Waals surface area contributed by atoms with Crippen molar-refractivity contribution in [1.29, 1.82) is 0 Å². The maximum absolute atomic E-state index is 11.9. The van der Waals surface area contributed by atoms with E-state index in [0.29, 0.717) is 6.54 Å². The van der Waals surface area contributed by atoms with E-state index >= 15 is 0 Å². The van der Waals surface area contributed by atoms with Crippen molar-refractivity contribution in [3.8, 4) is 0 Å². The fraction of sp³-hybridized carbons (Fsp3) is 0.462. The van der Waals surface area contributed by atoms with E-state index < -0.39 is 16.0 Å². The molecule has 0 heterocycles. The lowest BCUT2D eigenvalue weighted by Gasteiger charge is -2.13. The first-order chi connectivity index (χ1) is 9.23. The van der Waals surface area contributed by atoms with Crippen LogP contribution in [0.1, 0.15) is 13.3 Å². The van der Waals surface area contributed by atoms with Crippen molar-refractivity contribution in [3.63, 3.8) is 0 Å². The van der Waals surface area contributed by atoms with E-state index in [1.807, 2.05) is 6.92 Å². The molecule has 6 nitrogen and oxygen atoms in total. The number of nitrogens with zero attached hydrogens (tertiary/aromatic N) is 1. The molecular formula is C13H20N2O4S. The van der Waals surface area contributed by atoms with Crippen molar-refractivity contribution >= 4 is 21.7 Å². The summed E-state index contributed by atoms with van der Waals surface area (Å²) in [6.45, 7) is 2.36. The molecule has 0 fully saturated rings. The number of hydrogen-bond donors (Lipinski definition) is 2. The molecule has 1 rings (SSSR count). The predicted molar refractivity (Wildman–Crippen MR) is 77.2 cm³/mol. The van der Waals surface area contributed by atoms with Gasteiger partial charge < -0.3 is 10.4 Å². The van der Waals surface area contributed by atoms with Gasteiger partial charge in [0.2, 0.25) is 10.0 Å². The monoisotopic (exact) mass is 300 g/mol. The van der Waals surface area contributed by atoms with Crippen LogP contribution in [-0.4, -0.2) is 44.4 Å². The Labute approximate surface area is 119 Å². The van der Waals surface area contributed by atoms with Gasteiger partial charge in [-0.15, -0.1) is 0 Å². The highest BCUT2D eigenvalue weighted by atomic mass is 32.2. The Kier molecular flexibility index (Phi) is 5.52. The van der Waals surface area contributed by atoms with Crippen LogP contribution in [0.15, 0.2) is 29.2 Å². The number of anilines is 1. The van der Waals surface area contributed by atoms with Crippen LogP contribution >= 0.6 is 0 Å². The molecule has 0 aromatic heterocycles. The van der Waals surface area contributed by atoms with Gasteiger partial charge in [0.15, 0.2) is 0 Å². The SMILES string of the molecule is CC(CNc1ccc(S(=O)(=O)N(C)C)cc1)CC(=O)O. The van der Waals surface area contributed by atoms with Crippen LogP contribution in [0.4, 0.5) is 5.69 Å². The first kappa shape index (κ1) is 16.5. The van der Waals surface area contributed by atoms with Crippen molar-refractivity contribution in [2.45, 2.75) is 18.2 Å². The van der Waals surface area contributed by atoms with Crippen molar-refractivity contribution in [2.24, 2.45) is 5.92 Å². The third kappa shape index (κ3) is 4.50. The minimum Gasteiger partial charge on any atom is -0.481 e. The quantitative estimate of drug-likeness (QED) is 0.796. The number of hydrogen-bond acceptors (Lipinski definition) is 4. The zero-order chi connectivity index (χ0) is 15.3. The van der Waals surface area contributed by atoms with Gasteiger partial charge in [0.1, 0.15) is 0 Å². The minimum absolute atomic E-state index is 0.00214. The van der Waals surface area contributed by atoms with Crippen molar-refractivity contribution < 1.29 is 18.3 Å². The van der Waals surface area contributed by atoms with Gasteiger partial charge in [-0.2, -0.15) is 0 Å². The van der Waals surface area contributed by atoms with E-state index in [9.17, 15) is 13.2 Å². The van der Waals surface area contributed by atoms with E-state index in [-0.39, 0.29) is 17.2 Å². The zero-order valence-electron chi connectivity index (χ0n) is 11.8. The van der Waals surface area contributed by atoms with Crippen LogP contribution in [0.2, 0.25) is 0 Å². The Morgan fingerprint density at radius 3 is 2.30 bits per heavy atom. The molecule has 0 amide bonds. The molecule has 20 heavy (non-hydrogen) atoms. The third-order valence-corrected chi connectivity index (χ3v) is 4.64. The summed E-state index contributed by atoms with van der Waals surface area (Å²) in [4.78, 5) is 10.8. The molecular weight excluding hydrogens is 280 g/mol. The number of aliphatic carboxylic acids is 1. The number of benzene rings is 1. The summed E-state index contributed by atoms with van der Waals surface area (Å²) in [5.74, 6) is -0.829. The summed E-state index contributed by atoms with van der Waals surface area (Å²) in [6, 6.07) is 6.40. The summed E-state index contributed by atoms with van der Waals surface area (Å²) in [7, 11) is -0.451. The summed E-state index contributed by atoms with van der Waals surface area (Å²) in [5.41, 5.74) is 0.764. The molecule has 0 radical (unpaired) electrons. The molecule has 0 aliphatic carbocycles. The average Bonchev–Trinajstić information content (AvgIpc) is 2.36. The van der Waals surface area contributed by atoms with Crippen LogP contribution in [-0.2, 0) is 14.8 Å². The fourth-order valence-electron chi connectivity index (χ4n) is 1.62. The number of rotatable bonds is 7. The molecule has 7 heteroatoms. The van der Waals surface area contributed by atoms with Crippen LogP contribution in [0.5, 0.6) is 0 Å². The minimum atomic E-state index is -3.41. The molecule has 0 spiro atoms. The molecule has 112 valence electrons. The first-order valence-corrected chi connectivity index (χ1v) is 7.65. The average molecular weight is 300 g/mol. The van der Waals surface area contributed by atoms with Crippen molar-refractivity contribution in [1.82, 2.24) is 4.31 Å². The lowest BCUT2D eigenvalue weighted by atomic mass is 10.1. The molecule has 1 aromatic rings. The molecule has 0 bridgehead atoms. The number of carboxylic acid groups (broad SMARTS) is 1. The molecule has 0 aliphatic heterocycles. The van der Waals surface area contributed by atoms with Gasteiger partial charge in [0.05, 0.1) is 4.90 Å². The van der Waals surface area contributed by atoms with Gasteiger partial charge in [-0.25, -0.2) is 12.7 Å². The summed E-state index contributed by atoms with van der Waals surface area (Å²) in [5, 5.41) is 11.7. The molecule has 0 saturated heterocycles. The number of carbonyl (C=O) groups is 1. The standard InChI is InChI=1S/C13H20N2O4S/c1-10(8-13(16)17)9-14-11-4-6-12(7-5-11)20(18,19)15(2)3/h4-7,10,14H,8-9H2,1-3H3,(H,16,17). The van der Waals surface area contributed by atoms with E-state index in [0.717, 1.165) is 9.99 Å². The smallest absolute Gasteiger partial charge is 0.303 e. The fourth-order valence-corrected chi connectivity index (χ4v) is 2.52. The Morgan fingerprint density at radius 2 is 1.85 bits per heavy atom. The zero-order valence-corrected chi connectivity index (χ0v) is 12.6. The van der Waals surface area contributed by atoms with E-state index in [2.05, 4.69) is 5.32 Å². The van der Waals surface area contributed by atoms with Gasteiger partial charge in [-0.05, 0) is 30.2 Å². The maximum atomic E-state index is 11.9. The molecule has 0 saturated carbocycles. The lowest BCUT2D eigenvalue weighted by molar-refractivity contribution is -0.137. The van der Waals surface area contributed by atoms with Gasteiger partial charge in [0.25, 0.3) is 0 Å². The van der Waals surface area contributed by atoms with Crippen LogP contribution in [0.3, 0.4) is 0 Å². The van der Waals surface area contributed by atoms with E-state index in [1.165, 1.54) is 26.2 Å². The normalized spacial score (nSPS) is 13.2. The first-order valence-electron chi connectivity index (χ1n) is 6.21. The molecule has 1 unspecified atom stereocenters. The Morgan fingerprint density at radius 1 is 1.30 bits per heavy atom. The second kappa shape index (κ2) is 6.71. The van der Waals surface area contributed by atoms with Crippen LogP contribution in [0.25, 0.3) is 0 Å². The molecule has 2 N–H and O–H groups in total. The van der Waals surface area contributed by atoms with Crippen molar-refractivity contribution in [3.05, 3.63) is 24.3 Å². The topological polar surface area (TPSA) is 86.7 Å². The number of carboxylic acids is 1. The Bertz CT molecular complexity index is 552. The number of nitrogens with one attached hydrogen (secondary N) is 1. The third-order valence-electron chi connectivity index (χ3n) is 2.81. The Balaban J connectivity index is 2.66. The predicted octanol–water partition coefficient (Wildman–Crippen LogP) is 1.46. The Hall–Kier alpha value is -1.60. The molecule has 0 aliphatic rings. The highest BCUT2D eigenvalue weighted by Crippen LogP contribution is 2.17. The van der Waals surface area contributed by atoms with Crippen LogP contribution in [0, 0.1) is 5.92 Å². The highest BCUT2D eigenvalue weighted by Gasteiger charge is 2.16. The molecule has 1 atom stereocenters. The number of sulfonamides is 1. The van der Waals surface area contributed by atoms with E-state index in [1.54, 1.807) is 12.1 Å². The van der Waals surface area contributed by atoms with Gasteiger partial charge in [0, 0.05) is 32.7 Å². The molecule has 1 aromatic carbocycles. The van der Waals surface area contributed by atoms with Crippen LogP contribution < -0.4 is 5.32 Å². The van der Waals surface area contributed by atoms with Gasteiger partial charge in [-0.1, -0.05) is 6.92 Å². The summed E-state index contributed by atoms with van der Waals surface area (Å²) < 4.78 is 24.9. The van der Waals surface area contributed by atoms with Gasteiger partial charge >= 0.3 is 5.97 Å². The van der Waals surface area contributed by atoms with E-state index in [4.69, 9.17) is 5.11 Å². The maximum Gasteiger partial charge on any atom is 0.303 e. The summed E-state index contributed by atoms with van der Waals surface area (Å²) in [6.07, 6.45) is 0.0973. The van der Waals surface area contributed by atoms with Crippen molar-refractivity contribution in [2.75, 3.05) is 26.0 Å². The second-order valence-electron chi connectivity index (χ2n) is 4.90.